The average Bonchev–Trinajstić information content (AvgIpc) is 3.26. The van der Waals surface area contributed by atoms with Crippen LogP contribution in [0.2, 0.25) is 5.02 Å². The van der Waals surface area contributed by atoms with Crippen molar-refractivity contribution in [3.05, 3.63) is 76.3 Å². The van der Waals surface area contributed by atoms with Gasteiger partial charge in [0.2, 0.25) is 17.7 Å². The molecular formula is C26H25ClN2O3. The highest BCUT2D eigenvalue weighted by molar-refractivity contribution is 6.32. The molecule has 2 fully saturated rings. The van der Waals surface area contributed by atoms with Crippen LogP contribution in [0.25, 0.3) is 6.08 Å². The molecule has 0 bridgehead atoms. The summed E-state index contributed by atoms with van der Waals surface area (Å²) in [4.78, 5) is 42.1. The van der Waals surface area contributed by atoms with Gasteiger partial charge in [0.1, 0.15) is 0 Å². The van der Waals surface area contributed by atoms with Crippen LogP contribution in [0.15, 0.2) is 54.6 Å². The van der Waals surface area contributed by atoms with E-state index < -0.39 is 5.41 Å². The SMILES string of the molecule is CN1C(=O)C[C@](CC(=O)N2CCC3(C=Cc4ccccc43)CC2)(c2ccccc2Cl)C1=O. The Morgan fingerprint density at radius 2 is 1.66 bits per heavy atom. The summed E-state index contributed by atoms with van der Waals surface area (Å²) in [5, 5.41) is 0.405. The predicted molar refractivity (Wildman–Crippen MR) is 123 cm³/mol. The van der Waals surface area contributed by atoms with Crippen LogP contribution in [0.3, 0.4) is 0 Å². The number of hydrogen-bond acceptors (Lipinski definition) is 3. The van der Waals surface area contributed by atoms with Crippen molar-refractivity contribution in [1.29, 1.82) is 0 Å². The summed E-state index contributed by atoms with van der Waals surface area (Å²) in [6.07, 6.45) is 6.06. The molecule has 0 saturated carbocycles. The Labute approximate surface area is 192 Å². The molecule has 2 aromatic carbocycles. The minimum absolute atomic E-state index is 0.0207. The maximum absolute atomic E-state index is 13.4. The fourth-order valence-electron chi connectivity index (χ4n) is 5.58. The van der Waals surface area contributed by atoms with E-state index in [-0.39, 0.29) is 36.0 Å². The topological polar surface area (TPSA) is 57.7 Å². The highest BCUT2D eigenvalue weighted by atomic mass is 35.5. The van der Waals surface area contributed by atoms with Gasteiger partial charge in [0.25, 0.3) is 0 Å². The number of hydrogen-bond donors (Lipinski definition) is 0. The van der Waals surface area contributed by atoms with E-state index in [0.717, 1.165) is 17.7 Å². The predicted octanol–water partition coefficient (Wildman–Crippen LogP) is 3.94. The van der Waals surface area contributed by atoms with Gasteiger partial charge in [0.15, 0.2) is 0 Å². The molecule has 2 heterocycles. The molecule has 2 aliphatic heterocycles. The Morgan fingerprint density at radius 3 is 2.31 bits per heavy atom. The molecule has 3 amide bonds. The van der Waals surface area contributed by atoms with Gasteiger partial charge in [-0.05, 0) is 35.6 Å². The van der Waals surface area contributed by atoms with E-state index in [1.807, 2.05) is 11.0 Å². The lowest BCUT2D eigenvalue weighted by Gasteiger charge is -2.40. The van der Waals surface area contributed by atoms with Crippen molar-refractivity contribution in [3.63, 3.8) is 0 Å². The number of carbonyl (C=O) groups excluding carboxylic acids is 3. The standard InChI is InChI=1S/C26H25ClN2O3/c1-28-22(30)16-26(24(28)32,20-8-4-5-9-21(20)27)17-23(31)29-14-12-25(13-15-29)11-10-18-6-2-3-7-19(18)25/h2-11H,12-17H2,1H3/t26-/m0/s1. The van der Waals surface area contributed by atoms with E-state index in [1.54, 1.807) is 24.3 Å². The summed E-state index contributed by atoms with van der Waals surface area (Å²) in [5.41, 5.74) is 1.88. The molecule has 2 aromatic rings. The first-order chi connectivity index (χ1) is 15.4. The van der Waals surface area contributed by atoms with Crippen molar-refractivity contribution < 1.29 is 14.4 Å². The van der Waals surface area contributed by atoms with Crippen LogP contribution in [0, 0.1) is 0 Å². The third-order valence-electron chi connectivity index (χ3n) is 7.47. The lowest BCUT2D eigenvalue weighted by Crippen LogP contribution is -2.47. The number of piperidine rings is 1. The smallest absolute Gasteiger partial charge is 0.240 e. The lowest BCUT2D eigenvalue weighted by molar-refractivity contribution is -0.142. The van der Waals surface area contributed by atoms with Crippen molar-refractivity contribution in [2.75, 3.05) is 20.1 Å². The molecule has 0 unspecified atom stereocenters. The van der Waals surface area contributed by atoms with Gasteiger partial charge in [0.05, 0.1) is 5.41 Å². The van der Waals surface area contributed by atoms with Crippen molar-refractivity contribution >= 4 is 35.4 Å². The quantitative estimate of drug-likeness (QED) is 0.668. The van der Waals surface area contributed by atoms with Gasteiger partial charge in [-0.2, -0.15) is 0 Å². The van der Waals surface area contributed by atoms with Crippen molar-refractivity contribution in [1.82, 2.24) is 9.80 Å². The summed E-state index contributed by atoms with van der Waals surface area (Å²) in [6, 6.07) is 15.5. The fourth-order valence-corrected chi connectivity index (χ4v) is 5.89. The minimum Gasteiger partial charge on any atom is -0.343 e. The normalized spacial score (nSPS) is 23.8. The van der Waals surface area contributed by atoms with Gasteiger partial charge < -0.3 is 4.90 Å². The fraction of sp³-hybridized carbons (Fsp3) is 0.346. The van der Waals surface area contributed by atoms with Crippen LogP contribution in [-0.4, -0.2) is 47.7 Å². The molecule has 1 spiro atoms. The minimum atomic E-state index is -1.24. The summed E-state index contributed by atoms with van der Waals surface area (Å²) in [7, 11) is 1.47. The Bertz CT molecular complexity index is 1150. The Kier molecular flexibility index (Phi) is 4.97. The van der Waals surface area contributed by atoms with Gasteiger partial charge >= 0.3 is 0 Å². The zero-order valence-electron chi connectivity index (χ0n) is 18.0. The van der Waals surface area contributed by atoms with E-state index in [2.05, 4.69) is 30.4 Å². The first kappa shape index (κ1) is 21.0. The molecule has 2 saturated heterocycles. The maximum atomic E-state index is 13.4. The van der Waals surface area contributed by atoms with Crippen LogP contribution in [0.4, 0.5) is 0 Å². The number of rotatable bonds is 3. The molecular weight excluding hydrogens is 424 g/mol. The second kappa shape index (κ2) is 7.59. The van der Waals surface area contributed by atoms with Crippen LogP contribution in [0.5, 0.6) is 0 Å². The molecule has 164 valence electrons. The number of likely N-dealkylation sites (N-methyl/N-ethyl adjacent to an activating group) is 1. The number of amides is 3. The van der Waals surface area contributed by atoms with Gasteiger partial charge in [-0.3, -0.25) is 19.3 Å². The second-order valence-corrected chi connectivity index (χ2v) is 9.54. The number of allylic oxidation sites excluding steroid dienone is 1. The van der Waals surface area contributed by atoms with E-state index >= 15 is 0 Å². The molecule has 32 heavy (non-hydrogen) atoms. The van der Waals surface area contributed by atoms with Crippen LogP contribution < -0.4 is 0 Å². The average molecular weight is 449 g/mol. The van der Waals surface area contributed by atoms with Gasteiger partial charge in [0, 0.05) is 43.4 Å². The maximum Gasteiger partial charge on any atom is 0.240 e. The summed E-state index contributed by atoms with van der Waals surface area (Å²) in [6.45, 7) is 1.24. The van der Waals surface area contributed by atoms with E-state index in [0.29, 0.717) is 23.7 Å². The molecule has 3 aliphatic rings. The Morgan fingerprint density at radius 1 is 1.00 bits per heavy atom. The van der Waals surface area contributed by atoms with E-state index in [9.17, 15) is 14.4 Å². The zero-order valence-corrected chi connectivity index (χ0v) is 18.8. The van der Waals surface area contributed by atoms with Crippen molar-refractivity contribution in [3.8, 4) is 0 Å². The zero-order chi connectivity index (χ0) is 22.5. The van der Waals surface area contributed by atoms with E-state index in [4.69, 9.17) is 11.6 Å². The molecule has 5 rings (SSSR count). The number of imide groups is 1. The van der Waals surface area contributed by atoms with Crippen molar-refractivity contribution in [2.45, 2.75) is 36.5 Å². The Hall–Kier alpha value is -2.92. The second-order valence-electron chi connectivity index (χ2n) is 9.13. The van der Waals surface area contributed by atoms with Gasteiger partial charge in [-0.25, -0.2) is 0 Å². The van der Waals surface area contributed by atoms with Crippen molar-refractivity contribution in [2.24, 2.45) is 0 Å². The molecule has 5 nitrogen and oxygen atoms in total. The molecule has 0 radical (unpaired) electrons. The van der Waals surface area contributed by atoms with E-state index in [1.165, 1.54) is 18.2 Å². The largest absolute Gasteiger partial charge is 0.343 e. The summed E-state index contributed by atoms with van der Waals surface area (Å²) < 4.78 is 0. The summed E-state index contributed by atoms with van der Waals surface area (Å²) >= 11 is 6.44. The third kappa shape index (κ3) is 3.10. The number of fused-ring (bicyclic) bond motifs is 2. The number of likely N-dealkylation sites (tertiary alicyclic amines) is 2. The molecule has 6 heteroatoms. The highest BCUT2D eigenvalue weighted by Crippen LogP contribution is 2.45. The monoisotopic (exact) mass is 448 g/mol. The summed E-state index contributed by atoms with van der Waals surface area (Å²) in [5.74, 6) is -0.746. The lowest BCUT2D eigenvalue weighted by atomic mass is 9.73. The third-order valence-corrected chi connectivity index (χ3v) is 7.80. The first-order valence-electron chi connectivity index (χ1n) is 11.0. The number of benzene rings is 2. The number of carbonyl (C=O) groups is 3. The van der Waals surface area contributed by atoms with Crippen LogP contribution in [0.1, 0.15) is 42.4 Å². The molecule has 1 aliphatic carbocycles. The van der Waals surface area contributed by atoms with Crippen LogP contribution in [-0.2, 0) is 25.2 Å². The van der Waals surface area contributed by atoms with Gasteiger partial charge in [-0.15, -0.1) is 0 Å². The first-order valence-corrected chi connectivity index (χ1v) is 11.4. The van der Waals surface area contributed by atoms with Crippen LogP contribution >= 0.6 is 11.6 Å². The van der Waals surface area contributed by atoms with Gasteiger partial charge in [-0.1, -0.05) is 66.2 Å². The molecule has 0 aromatic heterocycles. The molecule has 0 N–H and O–H groups in total. The molecule has 1 atom stereocenters. The number of nitrogens with zero attached hydrogens (tertiary/aromatic N) is 2. The Balaban J connectivity index is 1.38. The highest BCUT2D eigenvalue weighted by Gasteiger charge is 2.54. The number of halogens is 1.